The largest absolute Gasteiger partial charge is 0.312 e. The van der Waals surface area contributed by atoms with Crippen molar-refractivity contribution in [3.63, 3.8) is 0 Å². The molecule has 4 nitrogen and oxygen atoms in total. The van der Waals surface area contributed by atoms with Gasteiger partial charge in [0.15, 0.2) is 0 Å². The van der Waals surface area contributed by atoms with Crippen molar-refractivity contribution in [1.82, 2.24) is 5.32 Å². The molecule has 0 saturated carbocycles. The molecule has 1 aromatic rings. The van der Waals surface area contributed by atoms with Crippen molar-refractivity contribution < 1.29 is 8.42 Å². The van der Waals surface area contributed by atoms with E-state index in [0.29, 0.717) is 6.42 Å². The first kappa shape index (κ1) is 14.2. The number of fused-ring (bicyclic) bond motifs is 1. The Morgan fingerprint density at radius 3 is 2.41 bits per heavy atom. The molecule has 0 aromatic heterocycles. The molecule has 0 aliphatic carbocycles. The Kier molecular flexibility index (Phi) is 5.61. The monoisotopic (exact) mass is 256 g/mol. The number of benzene rings is 1. The second kappa shape index (κ2) is 6.74. The van der Waals surface area contributed by atoms with E-state index in [9.17, 15) is 8.42 Å². The summed E-state index contributed by atoms with van der Waals surface area (Å²) in [7, 11) is -3.17. The van der Waals surface area contributed by atoms with Gasteiger partial charge in [-0.15, -0.1) is 0 Å². The van der Waals surface area contributed by atoms with E-state index in [1.165, 1.54) is 17.5 Å². The van der Waals surface area contributed by atoms with Gasteiger partial charge in [0.05, 0.1) is 5.75 Å². The molecule has 1 aliphatic rings. The van der Waals surface area contributed by atoms with E-state index in [4.69, 9.17) is 0 Å². The molecule has 0 spiro atoms. The molecule has 0 bridgehead atoms. The number of nitrogens with one attached hydrogen (secondary N) is 1. The van der Waals surface area contributed by atoms with E-state index in [1.54, 1.807) is 6.92 Å². The molecule has 0 amide bonds. The third kappa shape index (κ3) is 5.81. The van der Waals surface area contributed by atoms with Gasteiger partial charge in [0.1, 0.15) is 0 Å². The Morgan fingerprint density at radius 2 is 1.94 bits per heavy atom. The van der Waals surface area contributed by atoms with E-state index in [0.717, 1.165) is 13.1 Å². The maximum Gasteiger partial charge on any atom is 0.209 e. The first-order chi connectivity index (χ1) is 8.03. The molecule has 0 unspecified atom stereocenters. The maximum atomic E-state index is 10.0. The molecule has 3 N–H and O–H groups in total. The van der Waals surface area contributed by atoms with Crippen LogP contribution in [0.1, 0.15) is 24.5 Å². The highest BCUT2D eigenvalue weighted by atomic mass is 32.2. The molecule has 1 aromatic carbocycles. The summed E-state index contributed by atoms with van der Waals surface area (Å²) in [5.74, 6) is 0.0903. The summed E-state index contributed by atoms with van der Waals surface area (Å²) in [6.07, 6.45) is 1.79. The number of sulfonamides is 1. The molecular weight excluding hydrogens is 236 g/mol. The Bertz CT molecular complexity index is 419. The third-order valence-electron chi connectivity index (χ3n) is 2.49. The van der Waals surface area contributed by atoms with Crippen LogP contribution in [0.2, 0.25) is 0 Å². The van der Waals surface area contributed by atoms with E-state index in [2.05, 4.69) is 34.7 Å². The van der Waals surface area contributed by atoms with Gasteiger partial charge in [0, 0.05) is 6.54 Å². The normalized spacial score (nSPS) is 14.5. The molecular formula is C12H20N2O2S. The molecule has 0 saturated heterocycles. The lowest BCUT2D eigenvalue weighted by Crippen LogP contribution is -2.23. The highest BCUT2D eigenvalue weighted by Crippen LogP contribution is 2.11. The van der Waals surface area contributed by atoms with Gasteiger partial charge in [-0.25, -0.2) is 13.6 Å². The third-order valence-corrected chi connectivity index (χ3v) is 3.47. The second-order valence-corrected chi connectivity index (χ2v) is 5.80. The summed E-state index contributed by atoms with van der Waals surface area (Å²) in [5.41, 5.74) is 2.98. The summed E-state index contributed by atoms with van der Waals surface area (Å²) in [6.45, 7) is 3.96. The van der Waals surface area contributed by atoms with Crippen LogP contribution in [-0.2, 0) is 23.0 Å². The number of nitrogens with two attached hydrogens (primary N) is 1. The van der Waals surface area contributed by atoms with Gasteiger partial charge in [-0.05, 0) is 30.5 Å². The molecule has 2 rings (SSSR count). The minimum absolute atomic E-state index is 0.0903. The van der Waals surface area contributed by atoms with Crippen LogP contribution in [0.25, 0.3) is 0 Å². The standard InChI is InChI=1S/C9H11N.C3H9NO2S/c1-2-4-9-7-10-6-5-8(9)3-1;1-2-3-7(4,5)6/h1-4,10H,5-7H2;2-3H2,1H3,(H2,4,5,6). The minimum atomic E-state index is -3.17. The van der Waals surface area contributed by atoms with Gasteiger partial charge < -0.3 is 5.32 Å². The minimum Gasteiger partial charge on any atom is -0.312 e. The summed E-state index contributed by atoms with van der Waals surface area (Å²) in [4.78, 5) is 0. The number of hydrogen-bond donors (Lipinski definition) is 2. The fraction of sp³-hybridized carbons (Fsp3) is 0.500. The Morgan fingerprint density at radius 1 is 1.29 bits per heavy atom. The average Bonchev–Trinajstić information content (AvgIpc) is 2.28. The Labute approximate surface area is 103 Å². The molecule has 0 fully saturated rings. The van der Waals surface area contributed by atoms with E-state index in [1.807, 2.05) is 0 Å². The number of rotatable bonds is 2. The smallest absolute Gasteiger partial charge is 0.209 e. The fourth-order valence-corrected chi connectivity index (χ4v) is 2.27. The molecule has 0 radical (unpaired) electrons. The van der Waals surface area contributed by atoms with Crippen LogP contribution >= 0.6 is 0 Å². The predicted octanol–water partition coefficient (Wildman–Crippen LogP) is 1.02. The first-order valence-corrected chi connectivity index (χ1v) is 7.52. The molecule has 17 heavy (non-hydrogen) atoms. The predicted molar refractivity (Wildman–Crippen MR) is 70.1 cm³/mol. The summed E-state index contributed by atoms with van der Waals surface area (Å²) < 4.78 is 20.0. The van der Waals surface area contributed by atoms with Gasteiger partial charge in [-0.2, -0.15) is 0 Å². The van der Waals surface area contributed by atoms with Crippen molar-refractivity contribution in [3.05, 3.63) is 35.4 Å². The zero-order valence-corrected chi connectivity index (χ0v) is 11.0. The van der Waals surface area contributed by atoms with Crippen molar-refractivity contribution in [2.24, 2.45) is 5.14 Å². The van der Waals surface area contributed by atoms with Gasteiger partial charge in [0.25, 0.3) is 0 Å². The van der Waals surface area contributed by atoms with Gasteiger partial charge >= 0.3 is 0 Å². The molecule has 5 heteroatoms. The van der Waals surface area contributed by atoms with Gasteiger partial charge in [-0.1, -0.05) is 31.2 Å². The summed E-state index contributed by atoms with van der Waals surface area (Å²) >= 11 is 0. The van der Waals surface area contributed by atoms with Crippen LogP contribution < -0.4 is 10.5 Å². The van der Waals surface area contributed by atoms with Crippen molar-refractivity contribution in [3.8, 4) is 0 Å². The van der Waals surface area contributed by atoms with Crippen molar-refractivity contribution in [1.29, 1.82) is 0 Å². The topological polar surface area (TPSA) is 72.2 Å². The summed E-state index contributed by atoms with van der Waals surface area (Å²) in [5, 5.41) is 7.96. The highest BCUT2D eigenvalue weighted by Gasteiger charge is 2.05. The van der Waals surface area contributed by atoms with Crippen LogP contribution in [0.5, 0.6) is 0 Å². The zero-order chi connectivity index (χ0) is 12.7. The molecule has 1 aliphatic heterocycles. The average molecular weight is 256 g/mol. The molecule has 96 valence electrons. The lowest BCUT2D eigenvalue weighted by Gasteiger charge is -2.15. The van der Waals surface area contributed by atoms with Gasteiger partial charge in [-0.3, -0.25) is 0 Å². The van der Waals surface area contributed by atoms with Gasteiger partial charge in [0.2, 0.25) is 10.0 Å². The van der Waals surface area contributed by atoms with E-state index in [-0.39, 0.29) is 5.75 Å². The van der Waals surface area contributed by atoms with Crippen molar-refractivity contribution in [2.75, 3.05) is 12.3 Å². The number of hydrogen-bond acceptors (Lipinski definition) is 3. The Balaban J connectivity index is 0.000000185. The van der Waals surface area contributed by atoms with Crippen molar-refractivity contribution in [2.45, 2.75) is 26.3 Å². The maximum absolute atomic E-state index is 10.0. The SMILES string of the molecule is CCCS(N)(=O)=O.c1ccc2c(c1)CCNC2. The lowest BCUT2D eigenvalue weighted by atomic mass is 10.0. The lowest BCUT2D eigenvalue weighted by molar-refractivity contribution is 0.596. The van der Waals surface area contributed by atoms with Crippen LogP contribution in [0, 0.1) is 0 Å². The second-order valence-electron chi connectivity index (χ2n) is 4.06. The van der Waals surface area contributed by atoms with Crippen LogP contribution in [-0.4, -0.2) is 20.7 Å². The van der Waals surface area contributed by atoms with Crippen LogP contribution in [0.3, 0.4) is 0 Å². The molecule has 0 atom stereocenters. The highest BCUT2D eigenvalue weighted by molar-refractivity contribution is 7.89. The number of primary sulfonamides is 1. The Hall–Kier alpha value is -0.910. The van der Waals surface area contributed by atoms with Crippen LogP contribution in [0.15, 0.2) is 24.3 Å². The zero-order valence-electron chi connectivity index (χ0n) is 10.1. The van der Waals surface area contributed by atoms with Crippen molar-refractivity contribution >= 4 is 10.0 Å². The molecule has 1 heterocycles. The van der Waals surface area contributed by atoms with E-state index < -0.39 is 10.0 Å². The van der Waals surface area contributed by atoms with E-state index >= 15 is 0 Å². The fourth-order valence-electron chi connectivity index (χ4n) is 1.70. The first-order valence-electron chi connectivity index (χ1n) is 5.81. The van der Waals surface area contributed by atoms with Crippen LogP contribution in [0.4, 0.5) is 0 Å². The quantitative estimate of drug-likeness (QED) is 0.829. The summed E-state index contributed by atoms with van der Waals surface area (Å²) in [6, 6.07) is 8.63.